The average Bonchev–Trinajstić information content (AvgIpc) is 2.44. The van der Waals surface area contributed by atoms with Crippen molar-refractivity contribution in [3.63, 3.8) is 0 Å². The molecule has 1 aliphatic rings. The fourth-order valence-corrected chi connectivity index (χ4v) is 2.54. The SMILES string of the molecule is COc1ccc2cc(C(=O)NC3CC(N)C3)ccc2c1. The van der Waals surface area contributed by atoms with E-state index in [1.807, 2.05) is 36.4 Å². The Labute approximate surface area is 117 Å². The van der Waals surface area contributed by atoms with Crippen molar-refractivity contribution in [1.82, 2.24) is 5.32 Å². The van der Waals surface area contributed by atoms with Crippen molar-refractivity contribution in [1.29, 1.82) is 0 Å². The van der Waals surface area contributed by atoms with Gasteiger partial charge in [0.25, 0.3) is 5.91 Å². The first-order valence-electron chi connectivity index (χ1n) is 6.80. The van der Waals surface area contributed by atoms with Gasteiger partial charge in [-0.25, -0.2) is 0 Å². The number of ether oxygens (including phenoxy) is 1. The molecule has 1 fully saturated rings. The molecule has 2 aromatic rings. The van der Waals surface area contributed by atoms with Gasteiger partial charge in [0.1, 0.15) is 5.75 Å². The lowest BCUT2D eigenvalue weighted by atomic mass is 9.87. The van der Waals surface area contributed by atoms with Crippen molar-refractivity contribution in [2.24, 2.45) is 5.73 Å². The second kappa shape index (κ2) is 5.13. The number of carbonyl (C=O) groups excluding carboxylic acids is 1. The molecule has 1 aliphatic carbocycles. The molecule has 4 heteroatoms. The van der Waals surface area contributed by atoms with Gasteiger partial charge in [0.15, 0.2) is 0 Å². The molecule has 0 radical (unpaired) electrons. The van der Waals surface area contributed by atoms with E-state index in [1.54, 1.807) is 7.11 Å². The van der Waals surface area contributed by atoms with E-state index in [2.05, 4.69) is 5.32 Å². The van der Waals surface area contributed by atoms with Crippen LogP contribution in [0, 0.1) is 0 Å². The molecule has 0 aromatic heterocycles. The molecule has 0 saturated heterocycles. The summed E-state index contributed by atoms with van der Waals surface area (Å²) in [6.07, 6.45) is 1.74. The van der Waals surface area contributed by atoms with Gasteiger partial charge in [0.05, 0.1) is 7.11 Å². The van der Waals surface area contributed by atoms with E-state index in [0.29, 0.717) is 5.56 Å². The number of carbonyl (C=O) groups is 1. The molecule has 4 nitrogen and oxygen atoms in total. The van der Waals surface area contributed by atoms with E-state index in [9.17, 15) is 4.79 Å². The minimum absolute atomic E-state index is 0.0281. The zero-order chi connectivity index (χ0) is 14.1. The average molecular weight is 270 g/mol. The van der Waals surface area contributed by atoms with Crippen molar-refractivity contribution >= 4 is 16.7 Å². The Balaban J connectivity index is 1.79. The minimum Gasteiger partial charge on any atom is -0.497 e. The van der Waals surface area contributed by atoms with Crippen LogP contribution in [0.15, 0.2) is 36.4 Å². The fraction of sp³-hybridized carbons (Fsp3) is 0.312. The molecule has 2 aromatic carbocycles. The Morgan fingerprint density at radius 1 is 1.20 bits per heavy atom. The summed E-state index contributed by atoms with van der Waals surface area (Å²) in [7, 11) is 1.65. The number of nitrogens with one attached hydrogen (secondary N) is 1. The molecule has 20 heavy (non-hydrogen) atoms. The topological polar surface area (TPSA) is 64.3 Å². The molecular weight excluding hydrogens is 252 g/mol. The second-order valence-corrected chi connectivity index (χ2v) is 5.33. The number of methoxy groups -OCH3 is 1. The van der Waals surface area contributed by atoms with E-state index in [1.165, 1.54) is 0 Å². The number of hydrogen-bond donors (Lipinski definition) is 2. The maximum Gasteiger partial charge on any atom is 0.251 e. The van der Waals surface area contributed by atoms with Crippen LogP contribution in [0.25, 0.3) is 10.8 Å². The van der Waals surface area contributed by atoms with Gasteiger partial charge < -0.3 is 15.8 Å². The number of fused-ring (bicyclic) bond motifs is 1. The number of rotatable bonds is 3. The Hall–Kier alpha value is -2.07. The van der Waals surface area contributed by atoms with Gasteiger partial charge in [-0.1, -0.05) is 12.1 Å². The predicted molar refractivity (Wildman–Crippen MR) is 79.0 cm³/mol. The number of amides is 1. The third-order valence-electron chi connectivity index (χ3n) is 3.82. The molecule has 1 amide bonds. The molecular formula is C16H18N2O2. The predicted octanol–water partition coefficient (Wildman–Crippen LogP) is 2.07. The van der Waals surface area contributed by atoms with Crippen LogP contribution < -0.4 is 15.8 Å². The Bertz CT molecular complexity index is 648. The van der Waals surface area contributed by atoms with E-state index in [0.717, 1.165) is 29.4 Å². The first kappa shape index (κ1) is 12.9. The van der Waals surface area contributed by atoms with Crippen LogP contribution in [0.4, 0.5) is 0 Å². The molecule has 3 rings (SSSR count). The van der Waals surface area contributed by atoms with Gasteiger partial charge in [0, 0.05) is 17.6 Å². The second-order valence-electron chi connectivity index (χ2n) is 5.33. The van der Waals surface area contributed by atoms with Crippen molar-refractivity contribution in [2.45, 2.75) is 24.9 Å². The molecule has 0 unspecified atom stereocenters. The third kappa shape index (κ3) is 2.47. The normalized spacial score (nSPS) is 21.3. The lowest BCUT2D eigenvalue weighted by Crippen LogP contribution is -2.50. The highest BCUT2D eigenvalue weighted by molar-refractivity contribution is 5.99. The highest BCUT2D eigenvalue weighted by Gasteiger charge is 2.27. The summed E-state index contributed by atoms with van der Waals surface area (Å²) < 4.78 is 5.19. The van der Waals surface area contributed by atoms with E-state index >= 15 is 0 Å². The van der Waals surface area contributed by atoms with Gasteiger partial charge in [-0.05, 0) is 47.9 Å². The zero-order valence-corrected chi connectivity index (χ0v) is 11.4. The highest BCUT2D eigenvalue weighted by atomic mass is 16.5. The number of hydrogen-bond acceptors (Lipinski definition) is 3. The standard InChI is InChI=1S/C16H18N2O2/c1-20-15-5-4-10-6-12(3-2-11(10)7-15)16(19)18-14-8-13(17)9-14/h2-7,13-14H,8-9,17H2,1H3,(H,18,19). The van der Waals surface area contributed by atoms with Crippen molar-refractivity contribution < 1.29 is 9.53 Å². The summed E-state index contributed by atoms with van der Waals surface area (Å²) in [5, 5.41) is 5.10. The summed E-state index contributed by atoms with van der Waals surface area (Å²) in [6.45, 7) is 0. The molecule has 1 saturated carbocycles. The maximum atomic E-state index is 12.1. The number of benzene rings is 2. The lowest BCUT2D eigenvalue weighted by Gasteiger charge is -2.32. The van der Waals surface area contributed by atoms with Crippen LogP contribution in [0.2, 0.25) is 0 Å². The first-order chi connectivity index (χ1) is 9.65. The van der Waals surface area contributed by atoms with Crippen molar-refractivity contribution in [3.05, 3.63) is 42.0 Å². The molecule has 0 aliphatic heterocycles. The third-order valence-corrected chi connectivity index (χ3v) is 3.82. The van der Waals surface area contributed by atoms with Crippen LogP contribution >= 0.6 is 0 Å². The minimum atomic E-state index is -0.0281. The smallest absolute Gasteiger partial charge is 0.251 e. The lowest BCUT2D eigenvalue weighted by molar-refractivity contribution is 0.0910. The van der Waals surface area contributed by atoms with Crippen LogP contribution in [0.3, 0.4) is 0 Å². The Morgan fingerprint density at radius 2 is 1.90 bits per heavy atom. The van der Waals surface area contributed by atoms with E-state index in [4.69, 9.17) is 10.5 Å². The maximum absolute atomic E-state index is 12.1. The van der Waals surface area contributed by atoms with Gasteiger partial charge in [0.2, 0.25) is 0 Å². The van der Waals surface area contributed by atoms with Crippen LogP contribution in [-0.4, -0.2) is 25.1 Å². The summed E-state index contributed by atoms with van der Waals surface area (Å²) >= 11 is 0. The first-order valence-corrected chi connectivity index (χ1v) is 6.80. The van der Waals surface area contributed by atoms with Crippen LogP contribution in [-0.2, 0) is 0 Å². The molecule has 0 heterocycles. The van der Waals surface area contributed by atoms with Gasteiger partial charge in [-0.2, -0.15) is 0 Å². The fourth-order valence-electron chi connectivity index (χ4n) is 2.54. The van der Waals surface area contributed by atoms with E-state index < -0.39 is 0 Å². The Kier molecular flexibility index (Phi) is 3.32. The van der Waals surface area contributed by atoms with Gasteiger partial charge >= 0.3 is 0 Å². The number of nitrogens with two attached hydrogens (primary N) is 1. The van der Waals surface area contributed by atoms with Crippen molar-refractivity contribution in [2.75, 3.05) is 7.11 Å². The van der Waals surface area contributed by atoms with Gasteiger partial charge in [-0.3, -0.25) is 4.79 Å². The summed E-state index contributed by atoms with van der Waals surface area (Å²) in [5.74, 6) is 0.790. The summed E-state index contributed by atoms with van der Waals surface area (Å²) in [5.41, 5.74) is 6.41. The summed E-state index contributed by atoms with van der Waals surface area (Å²) in [4.78, 5) is 12.1. The van der Waals surface area contributed by atoms with Gasteiger partial charge in [-0.15, -0.1) is 0 Å². The highest BCUT2D eigenvalue weighted by Crippen LogP contribution is 2.23. The van der Waals surface area contributed by atoms with E-state index in [-0.39, 0.29) is 18.0 Å². The monoisotopic (exact) mass is 270 g/mol. The van der Waals surface area contributed by atoms with Crippen molar-refractivity contribution in [3.8, 4) is 5.75 Å². The zero-order valence-electron chi connectivity index (χ0n) is 11.4. The molecule has 0 atom stereocenters. The Morgan fingerprint density at radius 3 is 2.60 bits per heavy atom. The molecule has 0 spiro atoms. The van der Waals surface area contributed by atoms with Crippen LogP contribution in [0.5, 0.6) is 5.75 Å². The summed E-state index contributed by atoms with van der Waals surface area (Å²) in [6, 6.07) is 12.0. The molecule has 3 N–H and O–H groups in total. The van der Waals surface area contributed by atoms with Crippen LogP contribution in [0.1, 0.15) is 23.2 Å². The largest absolute Gasteiger partial charge is 0.497 e. The molecule has 0 bridgehead atoms. The quantitative estimate of drug-likeness (QED) is 0.897. The molecule has 104 valence electrons.